The molecule has 0 aliphatic heterocycles. The van der Waals surface area contributed by atoms with Crippen molar-refractivity contribution >= 4 is 22.8 Å². The first-order chi connectivity index (χ1) is 12.2. The van der Waals surface area contributed by atoms with Crippen LogP contribution in [0.15, 0.2) is 51.0 Å². The van der Waals surface area contributed by atoms with Crippen LogP contribution in [0.2, 0.25) is 0 Å². The molecule has 0 amide bonds. The van der Waals surface area contributed by atoms with Crippen molar-refractivity contribution in [3.8, 4) is 5.75 Å². The molecule has 6 heteroatoms. The van der Waals surface area contributed by atoms with Crippen LogP contribution in [-0.2, 0) is 5.75 Å². The molecule has 0 bridgehead atoms. The highest BCUT2D eigenvalue weighted by Gasteiger charge is 2.21. The maximum absolute atomic E-state index is 11.6. The zero-order valence-electron chi connectivity index (χ0n) is 13.9. The van der Waals surface area contributed by atoms with Crippen LogP contribution in [0.4, 0.5) is 0 Å². The Hall–Kier alpha value is -2.21. The van der Waals surface area contributed by atoms with Crippen molar-refractivity contribution in [2.75, 3.05) is 0 Å². The Morgan fingerprint density at radius 1 is 1.24 bits per heavy atom. The lowest BCUT2D eigenvalue weighted by molar-refractivity contribution is 0.343. The van der Waals surface area contributed by atoms with Crippen molar-refractivity contribution in [2.24, 2.45) is 0 Å². The molecule has 5 nitrogen and oxygen atoms in total. The second-order valence-electron chi connectivity index (χ2n) is 6.43. The molecule has 130 valence electrons. The van der Waals surface area contributed by atoms with Crippen molar-refractivity contribution in [3.05, 3.63) is 52.6 Å². The molecule has 1 aromatic carbocycles. The Labute approximate surface area is 149 Å². The molecule has 0 atom stereocenters. The predicted octanol–water partition coefficient (Wildman–Crippen LogP) is 4.49. The summed E-state index contributed by atoms with van der Waals surface area (Å²) in [6.45, 7) is 0. The molecule has 1 N–H and O–H groups in total. The van der Waals surface area contributed by atoms with Crippen LogP contribution in [0.3, 0.4) is 0 Å². The van der Waals surface area contributed by atoms with Crippen molar-refractivity contribution in [3.63, 3.8) is 0 Å². The van der Waals surface area contributed by atoms with E-state index in [0.717, 1.165) is 16.9 Å². The summed E-state index contributed by atoms with van der Waals surface area (Å²) in [6.07, 6.45) is 7.29. The standard InChI is InChI=1S/C19H20N2O3S/c22-17-10-14(24-11-18(17)23)12-25-19-20-15-8-4-5-9-16(15)21(19)13-6-2-1-3-7-13/h4-5,8-11,13,23H,1-3,6-7,12H2. The number of para-hydroxylation sites is 2. The van der Waals surface area contributed by atoms with Crippen molar-refractivity contribution in [1.29, 1.82) is 0 Å². The molecular weight excluding hydrogens is 336 g/mol. The van der Waals surface area contributed by atoms with Gasteiger partial charge in [0.15, 0.2) is 10.9 Å². The Morgan fingerprint density at radius 2 is 2.04 bits per heavy atom. The number of imidazole rings is 1. The van der Waals surface area contributed by atoms with Gasteiger partial charge in [-0.05, 0) is 25.0 Å². The van der Waals surface area contributed by atoms with Gasteiger partial charge in [0.1, 0.15) is 12.0 Å². The first kappa shape index (κ1) is 16.3. The molecule has 1 aliphatic carbocycles. The summed E-state index contributed by atoms with van der Waals surface area (Å²) in [5.41, 5.74) is 1.76. The summed E-state index contributed by atoms with van der Waals surface area (Å²) in [6, 6.07) is 10.1. The highest BCUT2D eigenvalue weighted by Crippen LogP contribution is 2.36. The van der Waals surface area contributed by atoms with Gasteiger partial charge in [0.2, 0.25) is 5.43 Å². The van der Waals surface area contributed by atoms with Crippen LogP contribution >= 0.6 is 11.8 Å². The minimum absolute atomic E-state index is 0.358. The van der Waals surface area contributed by atoms with Gasteiger partial charge in [-0.15, -0.1) is 0 Å². The van der Waals surface area contributed by atoms with Gasteiger partial charge in [-0.25, -0.2) is 4.98 Å². The van der Waals surface area contributed by atoms with E-state index in [-0.39, 0.29) is 5.75 Å². The first-order valence-corrected chi connectivity index (χ1v) is 9.61. The minimum atomic E-state index is -0.414. The number of rotatable bonds is 4. The lowest BCUT2D eigenvalue weighted by Gasteiger charge is -2.25. The highest BCUT2D eigenvalue weighted by atomic mass is 32.2. The van der Waals surface area contributed by atoms with E-state index in [9.17, 15) is 9.90 Å². The fourth-order valence-electron chi connectivity index (χ4n) is 3.47. The maximum atomic E-state index is 11.6. The number of fused-ring (bicyclic) bond motifs is 1. The zero-order valence-corrected chi connectivity index (χ0v) is 14.7. The van der Waals surface area contributed by atoms with E-state index in [0.29, 0.717) is 17.6 Å². The number of aromatic hydroxyl groups is 1. The number of thioether (sulfide) groups is 1. The monoisotopic (exact) mass is 356 g/mol. The third-order valence-electron chi connectivity index (χ3n) is 4.71. The van der Waals surface area contributed by atoms with Gasteiger partial charge in [-0.1, -0.05) is 43.2 Å². The maximum Gasteiger partial charge on any atom is 0.226 e. The van der Waals surface area contributed by atoms with Crippen LogP contribution < -0.4 is 5.43 Å². The van der Waals surface area contributed by atoms with Gasteiger partial charge < -0.3 is 14.1 Å². The Bertz CT molecular complexity index is 941. The van der Waals surface area contributed by atoms with Gasteiger partial charge in [0.05, 0.1) is 16.8 Å². The van der Waals surface area contributed by atoms with Gasteiger partial charge in [-0.3, -0.25) is 4.79 Å². The quantitative estimate of drug-likeness (QED) is 0.698. The van der Waals surface area contributed by atoms with Crippen LogP contribution in [-0.4, -0.2) is 14.7 Å². The Balaban J connectivity index is 1.65. The highest BCUT2D eigenvalue weighted by molar-refractivity contribution is 7.98. The lowest BCUT2D eigenvalue weighted by Crippen LogP contribution is -2.13. The molecule has 0 radical (unpaired) electrons. The lowest BCUT2D eigenvalue weighted by atomic mass is 9.95. The average Bonchev–Trinajstić information content (AvgIpc) is 3.02. The number of benzene rings is 1. The van der Waals surface area contributed by atoms with Crippen LogP contribution in [0.5, 0.6) is 5.75 Å². The molecule has 4 rings (SSSR count). The molecule has 0 spiro atoms. The Kier molecular flexibility index (Phi) is 4.53. The predicted molar refractivity (Wildman–Crippen MR) is 98.1 cm³/mol. The first-order valence-electron chi connectivity index (χ1n) is 8.63. The van der Waals surface area contributed by atoms with Crippen LogP contribution in [0.1, 0.15) is 43.9 Å². The molecule has 2 aromatic heterocycles. The third-order valence-corrected chi connectivity index (χ3v) is 5.69. The fraction of sp³-hybridized carbons (Fsp3) is 0.368. The summed E-state index contributed by atoms with van der Waals surface area (Å²) < 4.78 is 7.67. The summed E-state index contributed by atoms with van der Waals surface area (Å²) >= 11 is 1.57. The van der Waals surface area contributed by atoms with E-state index in [4.69, 9.17) is 9.40 Å². The molecule has 0 unspecified atom stereocenters. The van der Waals surface area contributed by atoms with E-state index < -0.39 is 5.43 Å². The molecule has 1 fully saturated rings. The van der Waals surface area contributed by atoms with E-state index in [2.05, 4.69) is 16.7 Å². The van der Waals surface area contributed by atoms with E-state index in [1.165, 1.54) is 43.7 Å². The third kappa shape index (κ3) is 3.31. The summed E-state index contributed by atoms with van der Waals surface area (Å²) in [5, 5.41) is 10.3. The van der Waals surface area contributed by atoms with Crippen molar-refractivity contribution < 1.29 is 9.52 Å². The fourth-order valence-corrected chi connectivity index (χ4v) is 4.44. The topological polar surface area (TPSA) is 68.3 Å². The van der Waals surface area contributed by atoms with Crippen molar-refractivity contribution in [2.45, 2.75) is 49.1 Å². The van der Waals surface area contributed by atoms with Crippen LogP contribution in [0.25, 0.3) is 11.0 Å². The number of hydrogen-bond acceptors (Lipinski definition) is 5. The normalized spacial score (nSPS) is 15.7. The summed E-state index contributed by atoms with van der Waals surface area (Å²) in [5.74, 6) is 0.684. The van der Waals surface area contributed by atoms with E-state index in [1.807, 2.05) is 12.1 Å². The number of nitrogens with zero attached hydrogens (tertiary/aromatic N) is 2. The summed E-state index contributed by atoms with van der Waals surface area (Å²) in [7, 11) is 0. The van der Waals surface area contributed by atoms with E-state index in [1.54, 1.807) is 11.8 Å². The number of aromatic nitrogens is 2. The van der Waals surface area contributed by atoms with Crippen molar-refractivity contribution in [1.82, 2.24) is 9.55 Å². The van der Waals surface area contributed by atoms with Gasteiger partial charge in [0.25, 0.3) is 0 Å². The SMILES string of the molecule is O=c1cc(CSc2nc3ccccc3n2C2CCCCC2)occ1O. The van der Waals surface area contributed by atoms with Gasteiger partial charge in [0, 0.05) is 12.1 Å². The molecule has 25 heavy (non-hydrogen) atoms. The summed E-state index contributed by atoms with van der Waals surface area (Å²) in [4.78, 5) is 16.4. The zero-order chi connectivity index (χ0) is 17.2. The van der Waals surface area contributed by atoms with Crippen LogP contribution in [0, 0.1) is 0 Å². The second-order valence-corrected chi connectivity index (χ2v) is 7.37. The number of hydrogen-bond donors (Lipinski definition) is 1. The largest absolute Gasteiger partial charge is 0.502 e. The molecule has 3 aromatic rings. The molecule has 0 saturated heterocycles. The second kappa shape index (κ2) is 6.96. The van der Waals surface area contributed by atoms with Gasteiger partial charge >= 0.3 is 0 Å². The molecule has 2 heterocycles. The smallest absolute Gasteiger partial charge is 0.226 e. The van der Waals surface area contributed by atoms with E-state index >= 15 is 0 Å². The average molecular weight is 356 g/mol. The molecule has 1 aliphatic rings. The molecule has 1 saturated carbocycles. The van der Waals surface area contributed by atoms with Gasteiger partial charge in [-0.2, -0.15) is 0 Å². The minimum Gasteiger partial charge on any atom is -0.502 e. The molecular formula is C19H20N2O3S. The Morgan fingerprint density at radius 3 is 2.84 bits per heavy atom.